The predicted molar refractivity (Wildman–Crippen MR) is 113 cm³/mol. The Labute approximate surface area is 181 Å². The second-order valence-electron chi connectivity index (χ2n) is 8.16. The Kier molecular flexibility index (Phi) is 6.57. The molecule has 2 saturated heterocycles. The number of ether oxygens (including phenoxy) is 5. The van der Waals surface area contributed by atoms with E-state index >= 15 is 0 Å². The van der Waals surface area contributed by atoms with Crippen LogP contribution in [-0.4, -0.2) is 43.0 Å². The van der Waals surface area contributed by atoms with E-state index < -0.39 is 29.8 Å². The molecule has 164 valence electrons. The Morgan fingerprint density at radius 2 is 1.58 bits per heavy atom. The monoisotopic (exact) mass is 425 g/mol. The van der Waals surface area contributed by atoms with Crippen molar-refractivity contribution in [3.05, 3.63) is 82.2 Å². The third-order valence-corrected chi connectivity index (χ3v) is 5.41. The zero-order valence-corrected chi connectivity index (χ0v) is 17.7. The van der Waals surface area contributed by atoms with E-state index in [9.17, 15) is 0 Å². The summed E-state index contributed by atoms with van der Waals surface area (Å²) in [4.78, 5) is 3.00. The fourth-order valence-electron chi connectivity index (χ4n) is 3.93. The highest BCUT2D eigenvalue weighted by atomic mass is 16.8. The maximum absolute atomic E-state index is 9.11. The van der Waals surface area contributed by atoms with Crippen molar-refractivity contribution in [1.82, 2.24) is 0 Å². The fourth-order valence-corrected chi connectivity index (χ4v) is 3.93. The van der Waals surface area contributed by atoms with Crippen LogP contribution in [0.2, 0.25) is 0 Å². The second kappa shape index (κ2) is 9.36. The third-order valence-electron chi connectivity index (χ3n) is 5.41. The summed E-state index contributed by atoms with van der Waals surface area (Å²) in [6.45, 7) is 4.67. The van der Waals surface area contributed by atoms with E-state index in [1.807, 2.05) is 74.5 Å². The van der Waals surface area contributed by atoms with Gasteiger partial charge < -0.3 is 23.7 Å². The predicted octanol–water partition coefficient (Wildman–Crippen LogP) is 4.35. The smallest absolute Gasteiger partial charge is 0.224 e. The molecule has 8 heteroatoms. The van der Waals surface area contributed by atoms with Gasteiger partial charge in [-0.3, -0.25) is 0 Å². The maximum atomic E-state index is 9.11. The molecule has 2 aliphatic heterocycles. The van der Waals surface area contributed by atoms with E-state index in [1.165, 1.54) is 0 Å². The van der Waals surface area contributed by atoms with Crippen LogP contribution in [0.25, 0.3) is 10.4 Å². The number of hydrogen-bond donors (Lipinski definition) is 0. The third kappa shape index (κ3) is 5.07. The van der Waals surface area contributed by atoms with Gasteiger partial charge in [-0.25, -0.2) is 0 Å². The Bertz CT molecular complexity index is 904. The Morgan fingerprint density at radius 1 is 0.968 bits per heavy atom. The van der Waals surface area contributed by atoms with E-state index in [1.54, 1.807) is 0 Å². The van der Waals surface area contributed by atoms with Gasteiger partial charge in [-0.2, -0.15) is 0 Å². The second-order valence-corrected chi connectivity index (χ2v) is 8.16. The van der Waals surface area contributed by atoms with Gasteiger partial charge in [-0.1, -0.05) is 65.8 Å². The zero-order valence-electron chi connectivity index (χ0n) is 17.7. The zero-order chi connectivity index (χ0) is 21.7. The minimum absolute atomic E-state index is 0.147. The van der Waals surface area contributed by atoms with Gasteiger partial charge in [-0.15, -0.1) is 0 Å². The van der Waals surface area contributed by atoms with Crippen molar-refractivity contribution in [1.29, 1.82) is 0 Å². The van der Waals surface area contributed by atoms with E-state index in [0.717, 1.165) is 11.1 Å². The van der Waals surface area contributed by atoms with Crippen LogP contribution in [0.3, 0.4) is 0 Å². The molecular weight excluding hydrogens is 398 g/mol. The average molecular weight is 425 g/mol. The van der Waals surface area contributed by atoms with Gasteiger partial charge in [0.1, 0.15) is 18.8 Å². The van der Waals surface area contributed by atoms with Crippen LogP contribution in [0.1, 0.15) is 25.0 Å². The van der Waals surface area contributed by atoms with Gasteiger partial charge >= 0.3 is 0 Å². The molecule has 0 radical (unpaired) electrons. The molecule has 0 N–H and O–H groups in total. The first-order valence-electron chi connectivity index (χ1n) is 10.3. The number of rotatable bonds is 7. The molecule has 2 fully saturated rings. The summed E-state index contributed by atoms with van der Waals surface area (Å²) < 4.78 is 30.8. The highest BCUT2D eigenvalue weighted by Gasteiger charge is 2.59. The van der Waals surface area contributed by atoms with Crippen molar-refractivity contribution < 1.29 is 23.7 Å². The van der Waals surface area contributed by atoms with Crippen molar-refractivity contribution >= 4 is 0 Å². The van der Waals surface area contributed by atoms with Gasteiger partial charge in [0.2, 0.25) is 5.79 Å². The molecule has 0 amide bonds. The van der Waals surface area contributed by atoms with E-state index in [2.05, 4.69) is 10.0 Å². The quantitative estimate of drug-likeness (QED) is 0.373. The molecule has 1 spiro atoms. The van der Waals surface area contributed by atoms with Crippen LogP contribution >= 0.6 is 0 Å². The van der Waals surface area contributed by atoms with Crippen LogP contribution in [0.4, 0.5) is 0 Å². The molecule has 31 heavy (non-hydrogen) atoms. The molecule has 0 bridgehead atoms. The Balaban J connectivity index is 1.61. The standard InChI is InChI=1S/C23H27N3O5/c1-22(2)30-16-23(31-22)21(28-14-18-11-7-4-8-12-18)20(19(15-29-23)25-26-24)27-13-17-9-5-3-6-10-17/h3-12,19-21H,13-16H2,1-2H3/t19-,20-,21+,23+/m1/s1. The molecule has 4 rings (SSSR count). The molecule has 2 aromatic carbocycles. The highest BCUT2D eigenvalue weighted by Crippen LogP contribution is 2.41. The number of nitrogens with zero attached hydrogens (tertiary/aromatic N) is 3. The molecule has 4 atom stereocenters. The van der Waals surface area contributed by atoms with E-state index in [0.29, 0.717) is 13.2 Å². The number of benzene rings is 2. The van der Waals surface area contributed by atoms with Gasteiger partial charge in [0.05, 0.1) is 25.9 Å². The molecule has 0 aliphatic carbocycles. The topological polar surface area (TPSA) is 94.9 Å². The van der Waals surface area contributed by atoms with Crippen LogP contribution < -0.4 is 0 Å². The largest absolute Gasteiger partial charge is 0.370 e. The summed E-state index contributed by atoms with van der Waals surface area (Å²) in [5.74, 6) is -1.98. The molecule has 2 heterocycles. The number of azide groups is 1. The van der Waals surface area contributed by atoms with E-state index in [4.69, 9.17) is 29.2 Å². The normalized spacial score (nSPS) is 29.5. The van der Waals surface area contributed by atoms with Gasteiger partial charge in [-0.05, 0) is 30.5 Å². The minimum atomic E-state index is -1.15. The van der Waals surface area contributed by atoms with Crippen LogP contribution in [-0.2, 0) is 36.9 Å². The summed E-state index contributed by atoms with van der Waals surface area (Å²) in [6.07, 6.45) is -1.24. The molecule has 0 aromatic heterocycles. The lowest BCUT2D eigenvalue weighted by molar-refractivity contribution is -0.338. The average Bonchev–Trinajstić information content (AvgIpc) is 3.09. The molecular formula is C23H27N3O5. The minimum Gasteiger partial charge on any atom is -0.370 e. The summed E-state index contributed by atoms with van der Waals surface area (Å²) in [7, 11) is 0. The molecule has 2 aliphatic rings. The highest BCUT2D eigenvalue weighted by molar-refractivity contribution is 5.15. The van der Waals surface area contributed by atoms with Crippen molar-refractivity contribution in [2.24, 2.45) is 5.11 Å². The molecule has 2 aromatic rings. The lowest BCUT2D eigenvalue weighted by Gasteiger charge is -2.46. The summed E-state index contributed by atoms with van der Waals surface area (Å²) in [5, 5.41) is 3.93. The first-order chi connectivity index (χ1) is 15.0. The van der Waals surface area contributed by atoms with Crippen LogP contribution in [0, 0.1) is 0 Å². The first-order valence-corrected chi connectivity index (χ1v) is 10.3. The van der Waals surface area contributed by atoms with Crippen LogP contribution in [0.5, 0.6) is 0 Å². The van der Waals surface area contributed by atoms with Crippen LogP contribution in [0.15, 0.2) is 65.8 Å². The van der Waals surface area contributed by atoms with Crippen molar-refractivity contribution in [3.63, 3.8) is 0 Å². The van der Waals surface area contributed by atoms with Gasteiger partial charge in [0, 0.05) is 4.91 Å². The molecule has 0 unspecified atom stereocenters. The Morgan fingerprint density at radius 3 is 2.13 bits per heavy atom. The summed E-state index contributed by atoms with van der Waals surface area (Å²) in [5.41, 5.74) is 11.1. The molecule has 0 saturated carbocycles. The number of hydrogen-bond acceptors (Lipinski definition) is 6. The van der Waals surface area contributed by atoms with Crippen molar-refractivity contribution in [2.75, 3.05) is 13.2 Å². The lowest BCUT2D eigenvalue weighted by Crippen LogP contribution is -2.63. The van der Waals surface area contributed by atoms with Crippen molar-refractivity contribution in [3.8, 4) is 0 Å². The first kappa shape index (κ1) is 21.8. The van der Waals surface area contributed by atoms with Gasteiger partial charge in [0.15, 0.2) is 5.79 Å². The maximum Gasteiger partial charge on any atom is 0.224 e. The molecule has 8 nitrogen and oxygen atoms in total. The van der Waals surface area contributed by atoms with Crippen molar-refractivity contribution in [2.45, 2.75) is 56.9 Å². The summed E-state index contributed by atoms with van der Waals surface area (Å²) >= 11 is 0. The van der Waals surface area contributed by atoms with E-state index in [-0.39, 0.29) is 13.2 Å². The summed E-state index contributed by atoms with van der Waals surface area (Å²) in [6, 6.07) is 19.1. The SMILES string of the molecule is CC1(C)OC[C@]2(OC[C@@H](N=[N+]=[N-])[C@@H](OCc3ccccc3)[C@@H]2OCc2ccccc2)O1. The Hall–Kier alpha value is -2.45. The van der Waals surface area contributed by atoms with Gasteiger partial charge in [0.25, 0.3) is 0 Å². The fraction of sp³-hybridized carbons (Fsp3) is 0.478. The lowest BCUT2D eigenvalue weighted by atomic mass is 9.95.